The topological polar surface area (TPSA) is 55.6 Å². The molecule has 1 unspecified atom stereocenters. The van der Waals surface area contributed by atoms with Crippen LogP contribution in [0.4, 0.5) is 0 Å². The van der Waals surface area contributed by atoms with E-state index in [-0.39, 0.29) is 0 Å². The number of rotatable bonds is 2. The maximum absolute atomic E-state index is 4.46. The molecule has 0 saturated carbocycles. The summed E-state index contributed by atoms with van der Waals surface area (Å²) in [4.78, 5) is 1.61. The highest BCUT2D eigenvalue weighted by atomic mass is 15.6. The molecule has 1 fully saturated rings. The van der Waals surface area contributed by atoms with Crippen LogP contribution >= 0.6 is 0 Å². The summed E-state index contributed by atoms with van der Waals surface area (Å²) in [6.45, 7) is 4.06. The third kappa shape index (κ3) is 2.06. The number of nitrogens with one attached hydrogen (secondary N) is 1. The average molecular weight is 229 g/mol. The molecular formula is C12H15N5. The van der Waals surface area contributed by atoms with Gasteiger partial charge < -0.3 is 5.32 Å². The van der Waals surface area contributed by atoms with E-state index in [1.807, 2.05) is 12.1 Å². The Bertz CT molecular complexity index is 513. The fraction of sp³-hybridized carbons (Fsp3) is 0.417. The summed E-state index contributed by atoms with van der Waals surface area (Å²) < 4.78 is 0. The first-order valence-electron chi connectivity index (χ1n) is 5.90. The summed E-state index contributed by atoms with van der Waals surface area (Å²) in [5, 5.41) is 16.0. The number of benzene rings is 1. The summed E-state index contributed by atoms with van der Waals surface area (Å²) in [6, 6.07) is 8.11. The molecule has 0 radical (unpaired) electrons. The normalized spacial score (nSPS) is 19.7. The number of aryl methyl sites for hydroxylation is 1. The third-order valence-electron chi connectivity index (χ3n) is 3.09. The fourth-order valence-electron chi connectivity index (χ4n) is 2.13. The molecule has 5 heteroatoms. The van der Waals surface area contributed by atoms with E-state index in [4.69, 9.17) is 0 Å². The van der Waals surface area contributed by atoms with E-state index >= 15 is 0 Å². The van der Waals surface area contributed by atoms with Crippen LogP contribution in [0.25, 0.3) is 5.69 Å². The van der Waals surface area contributed by atoms with E-state index in [1.54, 1.807) is 4.80 Å². The monoisotopic (exact) mass is 229 g/mol. The molecule has 5 nitrogen and oxygen atoms in total. The highest BCUT2D eigenvalue weighted by Gasteiger charge is 2.21. The lowest BCUT2D eigenvalue weighted by Gasteiger charge is -2.01. The van der Waals surface area contributed by atoms with E-state index in [1.165, 1.54) is 5.56 Å². The molecule has 2 heterocycles. The molecule has 2 aromatic rings. The van der Waals surface area contributed by atoms with Gasteiger partial charge in [-0.15, -0.1) is 15.0 Å². The zero-order chi connectivity index (χ0) is 11.7. The van der Waals surface area contributed by atoms with Gasteiger partial charge in [0.1, 0.15) is 0 Å². The first kappa shape index (κ1) is 10.4. The van der Waals surface area contributed by atoms with Gasteiger partial charge in [0.05, 0.1) is 5.69 Å². The maximum atomic E-state index is 4.46. The van der Waals surface area contributed by atoms with Crippen molar-refractivity contribution in [1.82, 2.24) is 25.5 Å². The highest BCUT2D eigenvalue weighted by molar-refractivity contribution is 5.33. The molecule has 1 saturated heterocycles. The van der Waals surface area contributed by atoms with E-state index in [0.717, 1.165) is 31.0 Å². The number of tetrazole rings is 1. The Labute approximate surface area is 99.8 Å². The quantitative estimate of drug-likeness (QED) is 0.836. The van der Waals surface area contributed by atoms with Gasteiger partial charge in [0, 0.05) is 12.5 Å². The molecule has 0 spiro atoms. The third-order valence-corrected chi connectivity index (χ3v) is 3.09. The van der Waals surface area contributed by atoms with E-state index in [9.17, 15) is 0 Å². The Hall–Kier alpha value is -1.75. The molecule has 1 aromatic heterocycles. The van der Waals surface area contributed by atoms with Crippen molar-refractivity contribution in [3.63, 3.8) is 0 Å². The minimum atomic E-state index is 0.411. The fourth-order valence-corrected chi connectivity index (χ4v) is 2.13. The molecule has 0 aliphatic carbocycles. The smallest absolute Gasteiger partial charge is 0.179 e. The van der Waals surface area contributed by atoms with Crippen LogP contribution in [0.5, 0.6) is 0 Å². The Kier molecular flexibility index (Phi) is 2.60. The molecule has 1 aliphatic rings. The SMILES string of the molecule is Cc1cccc(-n2nnc(C3CCNC3)n2)c1. The van der Waals surface area contributed by atoms with Crippen molar-refractivity contribution >= 4 is 0 Å². The van der Waals surface area contributed by atoms with Crippen molar-refractivity contribution in [2.75, 3.05) is 13.1 Å². The van der Waals surface area contributed by atoms with Crippen LogP contribution in [0.1, 0.15) is 23.7 Å². The summed E-state index contributed by atoms with van der Waals surface area (Å²) >= 11 is 0. The minimum absolute atomic E-state index is 0.411. The maximum Gasteiger partial charge on any atom is 0.179 e. The van der Waals surface area contributed by atoms with Crippen LogP contribution < -0.4 is 5.32 Å². The van der Waals surface area contributed by atoms with E-state index in [0.29, 0.717) is 5.92 Å². The van der Waals surface area contributed by atoms with Crippen molar-refractivity contribution in [2.24, 2.45) is 0 Å². The van der Waals surface area contributed by atoms with Crippen molar-refractivity contribution in [1.29, 1.82) is 0 Å². The second-order valence-corrected chi connectivity index (χ2v) is 4.47. The highest BCUT2D eigenvalue weighted by Crippen LogP contribution is 2.18. The molecule has 1 aliphatic heterocycles. The van der Waals surface area contributed by atoms with Crippen molar-refractivity contribution in [2.45, 2.75) is 19.3 Å². The van der Waals surface area contributed by atoms with Gasteiger partial charge in [0.15, 0.2) is 5.82 Å². The summed E-state index contributed by atoms with van der Waals surface area (Å²) in [5.41, 5.74) is 2.17. The number of hydrogen-bond donors (Lipinski definition) is 1. The Morgan fingerprint density at radius 3 is 3.12 bits per heavy atom. The number of nitrogens with zero attached hydrogens (tertiary/aromatic N) is 4. The van der Waals surface area contributed by atoms with Gasteiger partial charge in [-0.3, -0.25) is 0 Å². The lowest BCUT2D eigenvalue weighted by molar-refractivity contribution is 0.688. The van der Waals surface area contributed by atoms with Gasteiger partial charge in [-0.1, -0.05) is 12.1 Å². The summed E-state index contributed by atoms with van der Waals surface area (Å²) in [6.07, 6.45) is 1.10. The zero-order valence-electron chi connectivity index (χ0n) is 9.80. The molecule has 1 N–H and O–H groups in total. The lowest BCUT2D eigenvalue weighted by Crippen LogP contribution is -2.09. The van der Waals surface area contributed by atoms with E-state index < -0.39 is 0 Å². The molecule has 3 rings (SSSR count). The van der Waals surface area contributed by atoms with Gasteiger partial charge in [0.2, 0.25) is 0 Å². The van der Waals surface area contributed by atoms with Gasteiger partial charge in [-0.2, -0.15) is 0 Å². The van der Waals surface area contributed by atoms with Crippen LogP contribution in [0.15, 0.2) is 24.3 Å². The van der Waals surface area contributed by atoms with Gasteiger partial charge in [-0.25, -0.2) is 0 Å². The predicted molar refractivity (Wildman–Crippen MR) is 64.1 cm³/mol. The van der Waals surface area contributed by atoms with Crippen LogP contribution in [0.2, 0.25) is 0 Å². The van der Waals surface area contributed by atoms with Gasteiger partial charge in [-0.05, 0) is 42.8 Å². The van der Waals surface area contributed by atoms with Crippen LogP contribution in [0, 0.1) is 6.92 Å². The molecular weight excluding hydrogens is 214 g/mol. The zero-order valence-corrected chi connectivity index (χ0v) is 9.80. The Morgan fingerprint density at radius 1 is 1.41 bits per heavy atom. The summed E-state index contributed by atoms with van der Waals surface area (Å²) in [5.74, 6) is 1.25. The molecule has 0 amide bonds. The molecule has 17 heavy (non-hydrogen) atoms. The first-order chi connectivity index (χ1) is 8.33. The van der Waals surface area contributed by atoms with Crippen LogP contribution in [-0.4, -0.2) is 33.3 Å². The first-order valence-corrected chi connectivity index (χ1v) is 5.90. The Balaban J connectivity index is 1.89. The largest absolute Gasteiger partial charge is 0.316 e. The van der Waals surface area contributed by atoms with Crippen molar-refractivity contribution in [3.05, 3.63) is 35.7 Å². The number of hydrogen-bond acceptors (Lipinski definition) is 4. The van der Waals surface area contributed by atoms with Gasteiger partial charge in [0.25, 0.3) is 0 Å². The van der Waals surface area contributed by atoms with Gasteiger partial charge >= 0.3 is 0 Å². The van der Waals surface area contributed by atoms with Crippen LogP contribution in [-0.2, 0) is 0 Å². The second kappa shape index (κ2) is 4.25. The predicted octanol–water partition coefficient (Wildman–Crippen LogP) is 1.05. The average Bonchev–Trinajstić information content (AvgIpc) is 3.00. The second-order valence-electron chi connectivity index (χ2n) is 4.47. The van der Waals surface area contributed by atoms with Crippen molar-refractivity contribution in [3.8, 4) is 5.69 Å². The molecule has 0 bridgehead atoms. The lowest BCUT2D eigenvalue weighted by atomic mass is 10.1. The van der Waals surface area contributed by atoms with Crippen molar-refractivity contribution < 1.29 is 0 Å². The van der Waals surface area contributed by atoms with Crippen LogP contribution in [0.3, 0.4) is 0 Å². The molecule has 88 valence electrons. The minimum Gasteiger partial charge on any atom is -0.316 e. The number of aromatic nitrogens is 4. The van der Waals surface area contributed by atoms with E-state index in [2.05, 4.69) is 39.8 Å². The molecule has 1 aromatic carbocycles. The summed E-state index contributed by atoms with van der Waals surface area (Å²) in [7, 11) is 0. The Morgan fingerprint density at radius 2 is 2.35 bits per heavy atom. The molecule has 1 atom stereocenters. The standard InChI is InChI=1S/C12H15N5/c1-9-3-2-4-11(7-9)17-15-12(14-16-17)10-5-6-13-8-10/h2-4,7,10,13H,5-6,8H2,1H3.